The normalized spacial score (nSPS) is 21.6. The molecule has 1 aromatic carbocycles. The van der Waals surface area contributed by atoms with E-state index in [9.17, 15) is 0 Å². The highest BCUT2D eigenvalue weighted by atomic mass is 16.5. The number of nitrogens with one attached hydrogen (secondary N) is 2. The van der Waals surface area contributed by atoms with Gasteiger partial charge in [-0.3, -0.25) is 0 Å². The van der Waals surface area contributed by atoms with Crippen LogP contribution < -0.4 is 10.6 Å². The van der Waals surface area contributed by atoms with E-state index in [2.05, 4.69) is 48.7 Å². The predicted molar refractivity (Wildman–Crippen MR) is 76.2 cm³/mol. The summed E-state index contributed by atoms with van der Waals surface area (Å²) >= 11 is 0. The molecule has 1 heterocycles. The first-order valence-corrected chi connectivity index (χ1v) is 6.94. The fraction of sp³-hybridized carbons (Fsp3) is 0.600. The summed E-state index contributed by atoms with van der Waals surface area (Å²) < 4.78 is 5.43. The average molecular weight is 248 g/mol. The number of hydrogen-bond acceptors (Lipinski definition) is 3. The molecule has 100 valence electrons. The topological polar surface area (TPSA) is 33.3 Å². The molecular weight excluding hydrogens is 224 g/mol. The maximum absolute atomic E-state index is 5.43. The van der Waals surface area contributed by atoms with Gasteiger partial charge < -0.3 is 15.4 Å². The van der Waals surface area contributed by atoms with Crippen molar-refractivity contribution in [3.63, 3.8) is 0 Å². The van der Waals surface area contributed by atoms with Gasteiger partial charge in [0.25, 0.3) is 0 Å². The Hall–Kier alpha value is -1.06. The monoisotopic (exact) mass is 248 g/mol. The molecule has 2 rings (SSSR count). The third-order valence-corrected chi connectivity index (χ3v) is 3.64. The summed E-state index contributed by atoms with van der Waals surface area (Å²) in [4.78, 5) is 0. The minimum absolute atomic E-state index is 0.424. The maximum atomic E-state index is 5.43. The average Bonchev–Trinajstić information content (AvgIpc) is 2.46. The third-order valence-electron chi connectivity index (χ3n) is 3.64. The lowest BCUT2D eigenvalue weighted by molar-refractivity contribution is 0.0806. The molecule has 0 aromatic heterocycles. The molecule has 1 aromatic rings. The molecular formula is C15H24N2O. The van der Waals surface area contributed by atoms with Gasteiger partial charge in [0, 0.05) is 24.8 Å². The summed E-state index contributed by atoms with van der Waals surface area (Å²) in [6, 6.07) is 9.21. The molecule has 3 nitrogen and oxygen atoms in total. The number of ether oxygens (including phenoxy) is 1. The van der Waals surface area contributed by atoms with Gasteiger partial charge in [-0.2, -0.15) is 0 Å². The molecule has 1 aliphatic heterocycles. The highest BCUT2D eigenvalue weighted by Crippen LogP contribution is 2.20. The van der Waals surface area contributed by atoms with Gasteiger partial charge in [-0.05, 0) is 30.0 Å². The molecule has 2 N–H and O–H groups in total. The predicted octanol–water partition coefficient (Wildman–Crippen LogP) is 2.60. The van der Waals surface area contributed by atoms with Crippen LogP contribution in [0.5, 0.6) is 0 Å². The van der Waals surface area contributed by atoms with Gasteiger partial charge >= 0.3 is 0 Å². The number of anilines is 1. The minimum Gasteiger partial charge on any atom is -0.383 e. The first-order valence-electron chi connectivity index (χ1n) is 6.94. The molecule has 0 aliphatic carbocycles. The summed E-state index contributed by atoms with van der Waals surface area (Å²) in [6.07, 6.45) is 1.19. The van der Waals surface area contributed by atoms with E-state index in [1.807, 2.05) is 0 Å². The van der Waals surface area contributed by atoms with E-state index >= 15 is 0 Å². The van der Waals surface area contributed by atoms with Crippen LogP contribution in [0.2, 0.25) is 0 Å². The Kier molecular flexibility index (Phi) is 5.02. The summed E-state index contributed by atoms with van der Waals surface area (Å²) in [5, 5.41) is 6.90. The SMILES string of the molecule is CCC(C)c1ccc(NCC2COCCN2)cc1. The Morgan fingerprint density at radius 1 is 1.39 bits per heavy atom. The van der Waals surface area contributed by atoms with E-state index in [1.165, 1.54) is 17.7 Å². The lowest BCUT2D eigenvalue weighted by Crippen LogP contribution is -2.45. The molecule has 2 atom stereocenters. The molecule has 1 fully saturated rings. The Balaban J connectivity index is 1.82. The second kappa shape index (κ2) is 6.76. The Labute approximate surface area is 110 Å². The zero-order valence-corrected chi connectivity index (χ0v) is 11.4. The molecule has 2 unspecified atom stereocenters. The third kappa shape index (κ3) is 3.72. The molecule has 0 bridgehead atoms. The van der Waals surface area contributed by atoms with Crippen LogP contribution in [0, 0.1) is 0 Å². The van der Waals surface area contributed by atoms with Crippen LogP contribution in [0.4, 0.5) is 5.69 Å². The van der Waals surface area contributed by atoms with Crippen LogP contribution in [-0.2, 0) is 4.74 Å². The van der Waals surface area contributed by atoms with Crippen LogP contribution in [0.25, 0.3) is 0 Å². The first kappa shape index (κ1) is 13.4. The van der Waals surface area contributed by atoms with E-state index in [0.717, 1.165) is 26.3 Å². The fourth-order valence-corrected chi connectivity index (χ4v) is 2.16. The molecule has 0 spiro atoms. The van der Waals surface area contributed by atoms with Crippen molar-refractivity contribution in [1.82, 2.24) is 5.32 Å². The summed E-state index contributed by atoms with van der Waals surface area (Å²) in [7, 11) is 0. The zero-order chi connectivity index (χ0) is 12.8. The van der Waals surface area contributed by atoms with Crippen molar-refractivity contribution in [3.8, 4) is 0 Å². The van der Waals surface area contributed by atoms with Crippen molar-refractivity contribution < 1.29 is 4.74 Å². The maximum Gasteiger partial charge on any atom is 0.0637 e. The van der Waals surface area contributed by atoms with Gasteiger partial charge in [0.15, 0.2) is 0 Å². The zero-order valence-electron chi connectivity index (χ0n) is 11.4. The van der Waals surface area contributed by atoms with E-state index < -0.39 is 0 Å². The lowest BCUT2D eigenvalue weighted by Gasteiger charge is -2.24. The van der Waals surface area contributed by atoms with Gasteiger partial charge in [0.2, 0.25) is 0 Å². The van der Waals surface area contributed by atoms with Crippen molar-refractivity contribution in [2.24, 2.45) is 0 Å². The molecule has 0 saturated carbocycles. The first-order chi connectivity index (χ1) is 8.79. The smallest absolute Gasteiger partial charge is 0.0637 e. The van der Waals surface area contributed by atoms with Gasteiger partial charge in [-0.25, -0.2) is 0 Å². The molecule has 0 amide bonds. The molecule has 18 heavy (non-hydrogen) atoms. The number of hydrogen-bond donors (Lipinski definition) is 2. The molecule has 1 aliphatic rings. The largest absolute Gasteiger partial charge is 0.383 e. The van der Waals surface area contributed by atoms with Crippen LogP contribution >= 0.6 is 0 Å². The minimum atomic E-state index is 0.424. The van der Waals surface area contributed by atoms with Gasteiger partial charge in [0.05, 0.1) is 13.2 Å². The second-order valence-corrected chi connectivity index (χ2v) is 5.04. The van der Waals surface area contributed by atoms with Gasteiger partial charge in [-0.15, -0.1) is 0 Å². The van der Waals surface area contributed by atoms with Crippen molar-refractivity contribution >= 4 is 5.69 Å². The number of rotatable bonds is 5. The van der Waals surface area contributed by atoms with Crippen LogP contribution in [0.15, 0.2) is 24.3 Å². The summed E-state index contributed by atoms with van der Waals surface area (Å²) in [5.74, 6) is 0.646. The number of benzene rings is 1. The van der Waals surface area contributed by atoms with Gasteiger partial charge in [0.1, 0.15) is 0 Å². The van der Waals surface area contributed by atoms with Crippen molar-refractivity contribution in [2.75, 3.05) is 31.6 Å². The van der Waals surface area contributed by atoms with Crippen LogP contribution in [0.3, 0.4) is 0 Å². The highest BCUT2D eigenvalue weighted by molar-refractivity contribution is 5.45. The van der Waals surface area contributed by atoms with E-state index in [0.29, 0.717) is 12.0 Å². The quantitative estimate of drug-likeness (QED) is 0.840. The fourth-order valence-electron chi connectivity index (χ4n) is 2.16. The molecule has 1 saturated heterocycles. The molecule has 3 heteroatoms. The Morgan fingerprint density at radius 2 is 2.17 bits per heavy atom. The number of morpholine rings is 1. The van der Waals surface area contributed by atoms with E-state index in [1.54, 1.807) is 0 Å². The van der Waals surface area contributed by atoms with Crippen LogP contribution in [-0.4, -0.2) is 32.3 Å². The van der Waals surface area contributed by atoms with E-state index in [4.69, 9.17) is 4.74 Å². The Morgan fingerprint density at radius 3 is 2.78 bits per heavy atom. The van der Waals surface area contributed by atoms with Crippen molar-refractivity contribution in [1.29, 1.82) is 0 Å². The van der Waals surface area contributed by atoms with Crippen LogP contribution in [0.1, 0.15) is 31.7 Å². The lowest BCUT2D eigenvalue weighted by atomic mass is 9.99. The highest BCUT2D eigenvalue weighted by Gasteiger charge is 2.12. The van der Waals surface area contributed by atoms with Gasteiger partial charge in [-0.1, -0.05) is 26.0 Å². The standard InChI is InChI=1S/C15H24N2O/c1-3-12(2)13-4-6-14(7-5-13)17-10-15-11-18-9-8-16-15/h4-7,12,15-17H,3,8-11H2,1-2H3. The summed E-state index contributed by atoms with van der Waals surface area (Å²) in [5.41, 5.74) is 2.61. The van der Waals surface area contributed by atoms with E-state index in [-0.39, 0.29) is 0 Å². The van der Waals surface area contributed by atoms with Crippen molar-refractivity contribution in [2.45, 2.75) is 32.2 Å². The Bertz CT molecular complexity index is 344. The molecule has 0 radical (unpaired) electrons. The second-order valence-electron chi connectivity index (χ2n) is 5.04. The summed E-state index contributed by atoms with van der Waals surface area (Å²) in [6.45, 7) is 8.01. The van der Waals surface area contributed by atoms with Crippen molar-refractivity contribution in [3.05, 3.63) is 29.8 Å².